The molecule has 11 heteroatoms. The number of hydrazine groups is 1. The van der Waals surface area contributed by atoms with Gasteiger partial charge in [-0.25, -0.2) is 8.42 Å². The zero-order valence-corrected chi connectivity index (χ0v) is 19.3. The third-order valence-electron chi connectivity index (χ3n) is 4.92. The maximum absolute atomic E-state index is 12.9. The summed E-state index contributed by atoms with van der Waals surface area (Å²) in [6.45, 7) is 2.30. The fourth-order valence-electron chi connectivity index (χ4n) is 3.24. The first-order valence-corrected chi connectivity index (χ1v) is 11.7. The highest BCUT2D eigenvalue weighted by atomic mass is 35.5. The highest BCUT2D eigenvalue weighted by molar-refractivity contribution is 7.89. The number of hydrogen-bond donors (Lipinski definition) is 2. The first kappa shape index (κ1) is 23.8. The molecule has 1 fully saturated rings. The molecule has 9 nitrogen and oxygen atoms in total. The van der Waals surface area contributed by atoms with Crippen molar-refractivity contribution in [2.75, 3.05) is 26.8 Å². The van der Waals surface area contributed by atoms with Crippen molar-refractivity contribution in [3.63, 3.8) is 0 Å². The Morgan fingerprint density at radius 2 is 1.75 bits per heavy atom. The molecular formula is C21H24ClN3O6S. The topological polar surface area (TPSA) is 114 Å². The van der Waals surface area contributed by atoms with Crippen LogP contribution in [-0.2, 0) is 14.8 Å². The van der Waals surface area contributed by atoms with Crippen LogP contribution < -0.4 is 20.3 Å². The number of nitrogens with zero attached hydrogens (tertiary/aromatic N) is 1. The molecule has 0 spiro atoms. The van der Waals surface area contributed by atoms with E-state index in [1.807, 2.05) is 0 Å². The van der Waals surface area contributed by atoms with E-state index in [4.69, 9.17) is 21.1 Å². The average Bonchev–Trinajstić information content (AvgIpc) is 3.32. The van der Waals surface area contributed by atoms with Crippen LogP contribution >= 0.6 is 11.6 Å². The van der Waals surface area contributed by atoms with E-state index in [0.717, 1.165) is 18.4 Å². The lowest BCUT2D eigenvalue weighted by atomic mass is 10.2. The monoisotopic (exact) mass is 481 g/mol. The Morgan fingerprint density at radius 3 is 2.41 bits per heavy atom. The minimum Gasteiger partial charge on any atom is -0.495 e. The summed E-state index contributed by atoms with van der Waals surface area (Å²) >= 11 is 5.89. The molecule has 1 aliphatic heterocycles. The van der Waals surface area contributed by atoms with Gasteiger partial charge in [0.15, 0.2) is 6.61 Å². The van der Waals surface area contributed by atoms with Gasteiger partial charge < -0.3 is 9.47 Å². The third-order valence-corrected chi connectivity index (χ3v) is 7.07. The Kier molecular flexibility index (Phi) is 7.60. The zero-order valence-electron chi connectivity index (χ0n) is 17.7. The van der Waals surface area contributed by atoms with Gasteiger partial charge in [0.25, 0.3) is 11.8 Å². The Labute approximate surface area is 191 Å². The predicted octanol–water partition coefficient (Wildman–Crippen LogP) is 2.28. The SMILES string of the molecule is COc1ccc(C(=O)NNC(=O)COc2ccc(Cl)cc2C)cc1S(=O)(=O)N1CCCC1. The van der Waals surface area contributed by atoms with Gasteiger partial charge in [0.05, 0.1) is 7.11 Å². The molecule has 0 atom stereocenters. The van der Waals surface area contributed by atoms with E-state index in [0.29, 0.717) is 23.9 Å². The van der Waals surface area contributed by atoms with Crippen LogP contribution in [0.2, 0.25) is 5.02 Å². The van der Waals surface area contributed by atoms with Gasteiger partial charge in [-0.15, -0.1) is 0 Å². The maximum atomic E-state index is 12.9. The van der Waals surface area contributed by atoms with Crippen molar-refractivity contribution in [2.24, 2.45) is 0 Å². The van der Waals surface area contributed by atoms with Crippen molar-refractivity contribution in [3.05, 3.63) is 52.5 Å². The molecule has 172 valence electrons. The van der Waals surface area contributed by atoms with Crippen LogP contribution in [-0.4, -0.2) is 51.3 Å². The van der Waals surface area contributed by atoms with E-state index in [-0.39, 0.29) is 22.8 Å². The van der Waals surface area contributed by atoms with E-state index < -0.39 is 21.8 Å². The van der Waals surface area contributed by atoms with E-state index in [9.17, 15) is 18.0 Å². The third kappa shape index (κ3) is 5.50. The molecular weight excluding hydrogens is 458 g/mol. The van der Waals surface area contributed by atoms with Crippen molar-refractivity contribution < 1.29 is 27.5 Å². The minimum absolute atomic E-state index is 0.0540. The molecule has 2 aromatic rings. The molecule has 0 radical (unpaired) electrons. The summed E-state index contributed by atoms with van der Waals surface area (Å²) in [5, 5.41) is 0.553. The van der Waals surface area contributed by atoms with Gasteiger partial charge in [-0.05, 0) is 61.7 Å². The number of aryl methyl sites for hydroxylation is 1. The number of amides is 2. The number of benzene rings is 2. The number of nitrogens with one attached hydrogen (secondary N) is 2. The second-order valence-electron chi connectivity index (χ2n) is 7.18. The molecule has 0 saturated carbocycles. The standard InChI is InChI=1S/C21H24ClN3O6S/c1-14-11-16(22)6-8-17(14)31-13-20(26)23-24-21(27)15-5-7-18(30-2)19(12-15)32(28,29)25-9-3-4-10-25/h5-8,11-12H,3-4,9-10,13H2,1-2H3,(H,23,26)(H,24,27). The molecule has 1 saturated heterocycles. The van der Waals surface area contributed by atoms with Gasteiger partial charge >= 0.3 is 0 Å². The molecule has 32 heavy (non-hydrogen) atoms. The number of rotatable bonds is 7. The lowest BCUT2D eigenvalue weighted by molar-refractivity contribution is -0.123. The zero-order chi connectivity index (χ0) is 23.3. The number of ether oxygens (including phenoxy) is 2. The van der Waals surface area contributed by atoms with Crippen molar-refractivity contribution in [1.29, 1.82) is 0 Å². The van der Waals surface area contributed by atoms with Crippen LogP contribution in [0, 0.1) is 6.92 Å². The van der Waals surface area contributed by atoms with E-state index >= 15 is 0 Å². The molecule has 2 aromatic carbocycles. The van der Waals surface area contributed by atoms with Crippen molar-refractivity contribution in [2.45, 2.75) is 24.7 Å². The lowest BCUT2D eigenvalue weighted by Gasteiger charge is -2.18. The highest BCUT2D eigenvalue weighted by Crippen LogP contribution is 2.29. The van der Waals surface area contributed by atoms with E-state index in [2.05, 4.69) is 10.9 Å². The first-order chi connectivity index (χ1) is 15.2. The molecule has 1 aliphatic rings. The number of carbonyl (C=O) groups excluding carboxylic acids is 2. The van der Waals surface area contributed by atoms with Gasteiger partial charge in [0, 0.05) is 23.7 Å². The quantitative estimate of drug-likeness (QED) is 0.586. The van der Waals surface area contributed by atoms with Crippen LogP contribution in [0.1, 0.15) is 28.8 Å². The van der Waals surface area contributed by atoms with Gasteiger partial charge in [-0.2, -0.15) is 4.31 Å². The summed E-state index contributed by atoms with van der Waals surface area (Å²) in [7, 11) is -2.44. The van der Waals surface area contributed by atoms with Crippen LogP contribution in [0.25, 0.3) is 0 Å². The molecule has 0 aliphatic carbocycles. The second-order valence-corrected chi connectivity index (χ2v) is 9.52. The molecule has 1 heterocycles. The van der Waals surface area contributed by atoms with Crippen LogP contribution in [0.3, 0.4) is 0 Å². The lowest BCUT2D eigenvalue weighted by Crippen LogP contribution is -2.43. The van der Waals surface area contributed by atoms with Crippen molar-refractivity contribution >= 4 is 33.4 Å². The molecule has 2 N–H and O–H groups in total. The number of hydrogen-bond acceptors (Lipinski definition) is 6. The Balaban J connectivity index is 1.64. The predicted molar refractivity (Wildman–Crippen MR) is 118 cm³/mol. The van der Waals surface area contributed by atoms with Gasteiger partial charge in [0.2, 0.25) is 10.0 Å². The number of sulfonamides is 1. The molecule has 2 amide bonds. The highest BCUT2D eigenvalue weighted by Gasteiger charge is 2.30. The number of halogens is 1. The van der Waals surface area contributed by atoms with Crippen LogP contribution in [0.15, 0.2) is 41.3 Å². The molecule has 0 aromatic heterocycles. The Hall–Kier alpha value is -2.82. The molecule has 0 unspecified atom stereocenters. The Morgan fingerprint density at radius 1 is 1.06 bits per heavy atom. The fourth-order valence-corrected chi connectivity index (χ4v) is 5.17. The number of methoxy groups -OCH3 is 1. The summed E-state index contributed by atoms with van der Waals surface area (Å²) in [6.07, 6.45) is 1.57. The largest absolute Gasteiger partial charge is 0.495 e. The first-order valence-electron chi connectivity index (χ1n) is 9.88. The van der Waals surface area contributed by atoms with Gasteiger partial charge in [-0.1, -0.05) is 11.6 Å². The maximum Gasteiger partial charge on any atom is 0.276 e. The molecule has 3 rings (SSSR count). The summed E-state index contributed by atoms with van der Waals surface area (Å²) in [6, 6.07) is 9.04. The van der Waals surface area contributed by atoms with E-state index in [1.165, 1.54) is 29.6 Å². The summed E-state index contributed by atoms with van der Waals surface area (Å²) in [5.41, 5.74) is 5.32. The van der Waals surface area contributed by atoms with Crippen LogP contribution in [0.4, 0.5) is 0 Å². The smallest absolute Gasteiger partial charge is 0.276 e. The normalized spacial score (nSPS) is 14.1. The Bertz CT molecular complexity index is 1120. The van der Waals surface area contributed by atoms with Gasteiger partial charge in [0.1, 0.15) is 16.4 Å². The van der Waals surface area contributed by atoms with Crippen molar-refractivity contribution in [3.8, 4) is 11.5 Å². The second kappa shape index (κ2) is 10.2. The van der Waals surface area contributed by atoms with Gasteiger partial charge in [-0.3, -0.25) is 20.4 Å². The minimum atomic E-state index is -3.80. The summed E-state index contributed by atoms with van der Waals surface area (Å²) in [5.74, 6) is -0.639. The molecule has 0 bridgehead atoms. The number of carbonyl (C=O) groups is 2. The van der Waals surface area contributed by atoms with Crippen molar-refractivity contribution in [1.82, 2.24) is 15.2 Å². The van der Waals surface area contributed by atoms with E-state index in [1.54, 1.807) is 25.1 Å². The summed E-state index contributed by atoms with van der Waals surface area (Å²) < 4.78 is 37.9. The average molecular weight is 482 g/mol. The fraction of sp³-hybridized carbons (Fsp3) is 0.333. The van der Waals surface area contributed by atoms with Crippen LogP contribution in [0.5, 0.6) is 11.5 Å². The summed E-state index contributed by atoms with van der Waals surface area (Å²) in [4.78, 5) is 24.4.